The minimum Gasteiger partial charge on any atom is -0.480 e. The number of carboxylic acids is 1. The fraction of sp³-hybridized carbons (Fsp3) is 0.615. The molecule has 0 aromatic carbocycles. The van der Waals surface area contributed by atoms with E-state index in [1.807, 2.05) is 0 Å². The summed E-state index contributed by atoms with van der Waals surface area (Å²) < 4.78 is 1.25. The van der Waals surface area contributed by atoms with E-state index in [9.17, 15) is 14.7 Å². The third-order valence-corrected chi connectivity index (χ3v) is 3.69. The zero-order valence-electron chi connectivity index (χ0n) is 11.9. The lowest BCUT2D eigenvalue weighted by Crippen LogP contribution is -2.42. The van der Waals surface area contributed by atoms with Crippen LogP contribution in [0.1, 0.15) is 19.8 Å². The van der Waals surface area contributed by atoms with Gasteiger partial charge in [-0.1, -0.05) is 0 Å². The van der Waals surface area contributed by atoms with Crippen LogP contribution in [-0.4, -0.2) is 56.1 Å². The predicted molar refractivity (Wildman–Crippen MR) is 74.9 cm³/mol. The first-order valence-corrected chi connectivity index (χ1v) is 6.94. The molecule has 0 bridgehead atoms. The van der Waals surface area contributed by atoms with Gasteiger partial charge < -0.3 is 20.4 Å². The van der Waals surface area contributed by atoms with Gasteiger partial charge in [0.25, 0.3) is 0 Å². The second-order valence-corrected chi connectivity index (χ2v) is 5.32. The Balaban J connectivity index is 1.84. The molecule has 1 aromatic rings. The van der Waals surface area contributed by atoms with Crippen LogP contribution in [0.15, 0.2) is 12.4 Å². The van der Waals surface area contributed by atoms with E-state index in [1.165, 1.54) is 17.1 Å². The molecule has 3 N–H and O–H groups in total. The van der Waals surface area contributed by atoms with Gasteiger partial charge >= 0.3 is 12.0 Å². The number of anilines is 1. The summed E-state index contributed by atoms with van der Waals surface area (Å²) in [7, 11) is 0. The first kappa shape index (κ1) is 15.3. The number of amides is 2. The molecule has 1 atom stereocenters. The lowest BCUT2D eigenvalue weighted by atomic mass is 9.92. The van der Waals surface area contributed by atoms with Crippen LogP contribution >= 0.6 is 0 Å². The number of nitrogens with one attached hydrogen (secondary N) is 1. The van der Waals surface area contributed by atoms with Crippen molar-refractivity contribution in [2.45, 2.75) is 32.4 Å². The summed E-state index contributed by atoms with van der Waals surface area (Å²) in [6.45, 7) is 2.74. The third-order valence-electron chi connectivity index (χ3n) is 3.69. The fourth-order valence-electron chi connectivity index (χ4n) is 2.44. The van der Waals surface area contributed by atoms with Gasteiger partial charge in [0.1, 0.15) is 6.54 Å². The summed E-state index contributed by atoms with van der Waals surface area (Å²) >= 11 is 0. The quantitative estimate of drug-likeness (QED) is 0.754. The molecule has 21 heavy (non-hydrogen) atoms. The minimum absolute atomic E-state index is 0.228. The van der Waals surface area contributed by atoms with Gasteiger partial charge in [-0.2, -0.15) is 5.10 Å². The Morgan fingerprint density at radius 1 is 1.48 bits per heavy atom. The molecular formula is C13H20N4O4. The molecule has 1 fully saturated rings. The van der Waals surface area contributed by atoms with Gasteiger partial charge in [0, 0.05) is 19.3 Å². The van der Waals surface area contributed by atoms with Crippen molar-refractivity contribution < 1.29 is 19.8 Å². The van der Waals surface area contributed by atoms with Crippen LogP contribution in [0.4, 0.5) is 10.5 Å². The molecule has 2 amide bonds. The summed E-state index contributed by atoms with van der Waals surface area (Å²) in [6.07, 6.45) is 4.12. The van der Waals surface area contributed by atoms with Crippen LogP contribution in [0.3, 0.4) is 0 Å². The van der Waals surface area contributed by atoms with E-state index in [1.54, 1.807) is 11.8 Å². The van der Waals surface area contributed by atoms with Crippen LogP contribution in [0.25, 0.3) is 0 Å². The van der Waals surface area contributed by atoms with E-state index in [4.69, 9.17) is 5.11 Å². The molecule has 1 unspecified atom stereocenters. The minimum atomic E-state index is -0.990. The smallest absolute Gasteiger partial charge is 0.325 e. The van der Waals surface area contributed by atoms with Crippen molar-refractivity contribution in [3.63, 3.8) is 0 Å². The molecule has 0 radical (unpaired) electrons. The average molecular weight is 296 g/mol. The third kappa shape index (κ3) is 4.19. The Morgan fingerprint density at radius 2 is 2.14 bits per heavy atom. The highest BCUT2D eigenvalue weighted by Gasteiger charge is 2.25. The van der Waals surface area contributed by atoms with E-state index >= 15 is 0 Å². The van der Waals surface area contributed by atoms with Gasteiger partial charge in [0.2, 0.25) is 0 Å². The largest absolute Gasteiger partial charge is 0.480 e. The van der Waals surface area contributed by atoms with E-state index < -0.39 is 5.97 Å². The highest BCUT2D eigenvalue weighted by atomic mass is 16.4. The molecule has 1 aliphatic rings. The van der Waals surface area contributed by atoms with Crippen LogP contribution in [0, 0.1) is 5.92 Å². The van der Waals surface area contributed by atoms with Crippen molar-refractivity contribution in [1.29, 1.82) is 0 Å². The van der Waals surface area contributed by atoms with Gasteiger partial charge in [0.05, 0.1) is 18.0 Å². The Kier molecular flexibility index (Phi) is 4.79. The molecule has 8 heteroatoms. The second-order valence-electron chi connectivity index (χ2n) is 5.32. The number of carbonyl (C=O) groups is 2. The number of piperidine rings is 1. The standard InChI is InChI=1S/C13H20N4O4/c1-9(18)10-2-4-16(5-3-10)13(21)15-11-6-14-17(7-11)8-12(19)20/h6-7,9-10,18H,2-5,8H2,1H3,(H,15,21)(H,19,20). The predicted octanol–water partition coefficient (Wildman–Crippen LogP) is 0.592. The van der Waals surface area contributed by atoms with E-state index in [2.05, 4.69) is 10.4 Å². The maximum Gasteiger partial charge on any atom is 0.325 e. The van der Waals surface area contributed by atoms with Gasteiger partial charge in [-0.3, -0.25) is 9.48 Å². The number of rotatable bonds is 4. The number of aliphatic hydroxyl groups excluding tert-OH is 1. The van der Waals surface area contributed by atoms with Crippen molar-refractivity contribution in [2.24, 2.45) is 5.92 Å². The van der Waals surface area contributed by atoms with Crippen LogP contribution < -0.4 is 5.32 Å². The van der Waals surface area contributed by atoms with Crippen molar-refractivity contribution in [3.05, 3.63) is 12.4 Å². The molecule has 1 aromatic heterocycles. The van der Waals surface area contributed by atoms with E-state index in [0.29, 0.717) is 18.8 Å². The molecule has 8 nitrogen and oxygen atoms in total. The molecule has 1 saturated heterocycles. The molecule has 0 spiro atoms. The zero-order chi connectivity index (χ0) is 15.4. The molecule has 0 saturated carbocycles. The number of hydrogen-bond donors (Lipinski definition) is 3. The highest BCUT2D eigenvalue weighted by molar-refractivity contribution is 5.89. The second kappa shape index (κ2) is 6.57. The molecule has 2 rings (SSSR count). The number of aromatic nitrogens is 2. The number of aliphatic hydroxyl groups is 1. The number of likely N-dealkylation sites (tertiary alicyclic amines) is 1. The maximum absolute atomic E-state index is 12.1. The lowest BCUT2D eigenvalue weighted by molar-refractivity contribution is -0.137. The van der Waals surface area contributed by atoms with Crippen molar-refractivity contribution in [1.82, 2.24) is 14.7 Å². The van der Waals surface area contributed by atoms with Gasteiger partial charge in [-0.15, -0.1) is 0 Å². The van der Waals surface area contributed by atoms with Crippen LogP contribution in [-0.2, 0) is 11.3 Å². The highest BCUT2D eigenvalue weighted by Crippen LogP contribution is 2.21. The molecular weight excluding hydrogens is 276 g/mol. The molecule has 0 aliphatic carbocycles. The normalized spacial score (nSPS) is 17.5. The van der Waals surface area contributed by atoms with Crippen LogP contribution in [0.5, 0.6) is 0 Å². The summed E-state index contributed by atoms with van der Waals surface area (Å²) in [6, 6.07) is -0.228. The average Bonchev–Trinajstić information content (AvgIpc) is 2.85. The molecule has 2 heterocycles. The first-order valence-electron chi connectivity index (χ1n) is 6.94. The van der Waals surface area contributed by atoms with E-state index in [-0.39, 0.29) is 24.6 Å². The number of urea groups is 1. The Bertz CT molecular complexity index is 506. The van der Waals surface area contributed by atoms with Crippen molar-refractivity contribution in [3.8, 4) is 0 Å². The first-order chi connectivity index (χ1) is 9.95. The Morgan fingerprint density at radius 3 is 2.71 bits per heavy atom. The molecule has 1 aliphatic heterocycles. The van der Waals surface area contributed by atoms with Gasteiger partial charge in [-0.25, -0.2) is 4.79 Å². The maximum atomic E-state index is 12.1. The van der Waals surface area contributed by atoms with Crippen LogP contribution in [0.2, 0.25) is 0 Å². The number of carboxylic acid groups (broad SMARTS) is 1. The number of aliphatic carboxylic acids is 1. The zero-order valence-corrected chi connectivity index (χ0v) is 11.9. The summed E-state index contributed by atoms with van der Waals surface area (Å²) in [5.41, 5.74) is 0.471. The van der Waals surface area contributed by atoms with Crippen molar-refractivity contribution in [2.75, 3.05) is 18.4 Å². The van der Waals surface area contributed by atoms with E-state index in [0.717, 1.165) is 12.8 Å². The monoisotopic (exact) mass is 296 g/mol. The lowest BCUT2D eigenvalue weighted by Gasteiger charge is -2.33. The molecule has 116 valence electrons. The van der Waals surface area contributed by atoms with Gasteiger partial charge in [-0.05, 0) is 25.7 Å². The topological polar surface area (TPSA) is 108 Å². The van der Waals surface area contributed by atoms with Crippen molar-refractivity contribution >= 4 is 17.7 Å². The SMILES string of the molecule is CC(O)C1CCN(C(=O)Nc2cnn(CC(=O)O)c2)CC1. The number of hydrogen-bond acceptors (Lipinski definition) is 4. The van der Waals surface area contributed by atoms with Gasteiger partial charge in [0.15, 0.2) is 0 Å². The summed E-state index contributed by atoms with van der Waals surface area (Å²) in [5.74, 6) is -0.747. The summed E-state index contributed by atoms with van der Waals surface area (Å²) in [4.78, 5) is 24.3. The fourth-order valence-corrected chi connectivity index (χ4v) is 2.44. The Labute approximate surface area is 122 Å². The number of nitrogens with zero attached hydrogens (tertiary/aromatic N) is 3. The summed E-state index contributed by atoms with van der Waals surface area (Å²) in [5, 5.41) is 24.7. The Hall–Kier alpha value is -2.09. The number of carbonyl (C=O) groups excluding carboxylic acids is 1.